The third-order valence-corrected chi connectivity index (χ3v) is 6.46. The van der Waals surface area contributed by atoms with E-state index >= 15 is 0 Å². The van der Waals surface area contributed by atoms with Crippen LogP contribution in [0.25, 0.3) is 16.6 Å². The largest absolute Gasteiger partial charge is 0.495 e. The molecule has 0 spiro atoms. The molecule has 0 radical (unpaired) electrons. The van der Waals surface area contributed by atoms with Crippen molar-refractivity contribution in [3.63, 3.8) is 0 Å². The maximum atomic E-state index is 13.7. The molecule has 4 aromatic rings. The number of nitrogens with zero attached hydrogens (tertiary/aromatic N) is 2. The van der Waals surface area contributed by atoms with Crippen molar-refractivity contribution in [1.29, 1.82) is 0 Å². The van der Waals surface area contributed by atoms with Crippen LogP contribution in [0.5, 0.6) is 5.75 Å². The Labute approximate surface area is 184 Å². The number of benzene rings is 3. The lowest BCUT2D eigenvalue weighted by molar-refractivity contribution is 0.401. The van der Waals surface area contributed by atoms with E-state index in [0.717, 1.165) is 12.1 Å². The number of aryl methyl sites for hydroxylation is 2. The SMILES string of the molecule is COc1ccc(F)cc1S(=O)(=O)Nc1ccc(-n2c(C)nc3ccccc3c2=O)cc1C. The molecule has 0 unspecified atom stereocenters. The van der Waals surface area contributed by atoms with E-state index in [1.807, 2.05) is 6.07 Å². The molecule has 0 bridgehead atoms. The number of fused-ring (bicyclic) bond motifs is 1. The average Bonchev–Trinajstić information content (AvgIpc) is 2.75. The summed E-state index contributed by atoms with van der Waals surface area (Å²) in [5, 5.41) is 0.485. The van der Waals surface area contributed by atoms with Gasteiger partial charge in [-0.1, -0.05) is 12.1 Å². The summed E-state index contributed by atoms with van der Waals surface area (Å²) in [6.45, 7) is 3.44. The normalized spacial score (nSPS) is 11.5. The molecular weight excluding hydrogens is 433 g/mol. The first-order valence-electron chi connectivity index (χ1n) is 9.67. The second-order valence-electron chi connectivity index (χ2n) is 7.22. The van der Waals surface area contributed by atoms with Gasteiger partial charge in [0.25, 0.3) is 15.6 Å². The van der Waals surface area contributed by atoms with E-state index in [-0.39, 0.29) is 16.2 Å². The van der Waals surface area contributed by atoms with Crippen molar-refractivity contribution >= 4 is 26.6 Å². The second-order valence-corrected chi connectivity index (χ2v) is 8.87. The number of rotatable bonds is 5. The molecule has 1 heterocycles. The van der Waals surface area contributed by atoms with Gasteiger partial charge in [-0.25, -0.2) is 17.8 Å². The van der Waals surface area contributed by atoms with Crippen molar-refractivity contribution in [2.24, 2.45) is 0 Å². The molecule has 4 rings (SSSR count). The first-order chi connectivity index (χ1) is 15.2. The predicted octanol–water partition coefficient (Wildman–Crippen LogP) is 3.95. The first-order valence-corrected chi connectivity index (χ1v) is 11.2. The molecule has 0 saturated carbocycles. The molecule has 0 atom stereocenters. The van der Waals surface area contributed by atoms with E-state index in [4.69, 9.17) is 4.74 Å². The van der Waals surface area contributed by atoms with Gasteiger partial charge >= 0.3 is 0 Å². The Bertz CT molecular complexity index is 1510. The van der Waals surface area contributed by atoms with Gasteiger partial charge in [0.2, 0.25) is 0 Å². The van der Waals surface area contributed by atoms with Crippen molar-refractivity contribution in [1.82, 2.24) is 9.55 Å². The fraction of sp³-hybridized carbons (Fsp3) is 0.130. The highest BCUT2D eigenvalue weighted by Crippen LogP contribution is 2.28. The Kier molecular flexibility index (Phi) is 5.43. The van der Waals surface area contributed by atoms with Crippen LogP contribution in [0.3, 0.4) is 0 Å². The summed E-state index contributed by atoms with van der Waals surface area (Å²) >= 11 is 0. The Morgan fingerprint density at radius 3 is 2.50 bits per heavy atom. The minimum absolute atomic E-state index is 0.0255. The van der Waals surface area contributed by atoms with Crippen LogP contribution in [-0.2, 0) is 10.0 Å². The van der Waals surface area contributed by atoms with Gasteiger partial charge in [-0.3, -0.25) is 14.1 Å². The molecule has 1 aromatic heterocycles. The molecule has 0 aliphatic carbocycles. The lowest BCUT2D eigenvalue weighted by Gasteiger charge is -2.16. The summed E-state index contributed by atoms with van der Waals surface area (Å²) in [7, 11) is -2.81. The van der Waals surface area contributed by atoms with Gasteiger partial charge in [0, 0.05) is 0 Å². The van der Waals surface area contributed by atoms with Crippen LogP contribution in [0.4, 0.5) is 10.1 Å². The lowest BCUT2D eigenvalue weighted by Crippen LogP contribution is -2.22. The predicted molar refractivity (Wildman–Crippen MR) is 121 cm³/mol. The Morgan fingerprint density at radius 1 is 1.03 bits per heavy atom. The van der Waals surface area contributed by atoms with Gasteiger partial charge in [0.15, 0.2) is 0 Å². The van der Waals surface area contributed by atoms with E-state index < -0.39 is 15.8 Å². The van der Waals surface area contributed by atoms with E-state index in [1.165, 1.54) is 17.7 Å². The Morgan fingerprint density at radius 2 is 1.78 bits per heavy atom. The van der Waals surface area contributed by atoms with Gasteiger partial charge in [0.05, 0.1) is 29.4 Å². The molecular formula is C23H20FN3O4S. The van der Waals surface area contributed by atoms with Crippen molar-refractivity contribution in [3.8, 4) is 11.4 Å². The van der Waals surface area contributed by atoms with Crippen molar-refractivity contribution in [2.75, 3.05) is 11.8 Å². The molecule has 7 nitrogen and oxygen atoms in total. The number of anilines is 1. The van der Waals surface area contributed by atoms with Crippen LogP contribution >= 0.6 is 0 Å². The number of hydrogen-bond acceptors (Lipinski definition) is 5. The Balaban J connectivity index is 1.75. The Hall–Kier alpha value is -3.72. The molecule has 0 aliphatic heterocycles. The zero-order chi connectivity index (χ0) is 23.0. The van der Waals surface area contributed by atoms with Crippen LogP contribution in [0.1, 0.15) is 11.4 Å². The van der Waals surface area contributed by atoms with Crippen LogP contribution in [0.15, 0.2) is 70.4 Å². The summed E-state index contributed by atoms with van der Waals surface area (Å²) in [5.74, 6) is -0.166. The number of ether oxygens (including phenoxy) is 1. The summed E-state index contributed by atoms with van der Waals surface area (Å²) in [6.07, 6.45) is 0. The quantitative estimate of drug-likeness (QED) is 0.494. The van der Waals surface area contributed by atoms with Gasteiger partial charge < -0.3 is 4.74 Å². The standard InChI is InChI=1S/C23H20FN3O4S/c1-14-12-17(27-15(2)25-20-7-5-4-6-18(20)23(27)28)9-10-19(14)26-32(29,30)22-13-16(24)8-11-21(22)31-3/h4-13,26H,1-3H3. The van der Waals surface area contributed by atoms with E-state index in [2.05, 4.69) is 9.71 Å². The number of methoxy groups -OCH3 is 1. The maximum absolute atomic E-state index is 13.7. The molecule has 0 fully saturated rings. The molecule has 164 valence electrons. The molecule has 0 aliphatic rings. The summed E-state index contributed by atoms with van der Waals surface area (Å²) in [5.41, 5.74) is 1.80. The minimum Gasteiger partial charge on any atom is -0.495 e. The van der Waals surface area contributed by atoms with Crippen LogP contribution < -0.4 is 15.0 Å². The average molecular weight is 453 g/mol. The molecule has 0 saturated heterocycles. The highest BCUT2D eigenvalue weighted by atomic mass is 32.2. The topological polar surface area (TPSA) is 90.3 Å². The summed E-state index contributed by atoms with van der Waals surface area (Å²) in [6, 6.07) is 15.2. The van der Waals surface area contributed by atoms with Crippen LogP contribution in [0, 0.1) is 19.7 Å². The summed E-state index contributed by atoms with van der Waals surface area (Å²) in [4.78, 5) is 17.2. The fourth-order valence-corrected chi connectivity index (χ4v) is 4.82. The summed E-state index contributed by atoms with van der Waals surface area (Å²) < 4.78 is 48.4. The van der Waals surface area contributed by atoms with Crippen LogP contribution in [-0.4, -0.2) is 25.1 Å². The molecule has 1 N–H and O–H groups in total. The lowest BCUT2D eigenvalue weighted by atomic mass is 10.1. The van der Waals surface area contributed by atoms with E-state index in [1.54, 1.807) is 50.2 Å². The molecule has 9 heteroatoms. The number of hydrogen-bond donors (Lipinski definition) is 1. The number of para-hydroxylation sites is 1. The second kappa shape index (κ2) is 8.08. The minimum atomic E-state index is -4.12. The number of aromatic nitrogens is 2. The van der Waals surface area contributed by atoms with Crippen LogP contribution in [0.2, 0.25) is 0 Å². The zero-order valence-electron chi connectivity index (χ0n) is 17.6. The smallest absolute Gasteiger partial charge is 0.265 e. The van der Waals surface area contributed by atoms with E-state index in [0.29, 0.717) is 33.7 Å². The van der Waals surface area contributed by atoms with E-state index in [9.17, 15) is 17.6 Å². The van der Waals surface area contributed by atoms with Gasteiger partial charge in [-0.2, -0.15) is 0 Å². The van der Waals surface area contributed by atoms with Crippen molar-refractivity contribution < 1.29 is 17.5 Å². The van der Waals surface area contributed by atoms with Crippen molar-refractivity contribution in [2.45, 2.75) is 18.7 Å². The highest BCUT2D eigenvalue weighted by molar-refractivity contribution is 7.92. The number of sulfonamides is 1. The fourth-order valence-electron chi connectivity index (χ4n) is 3.51. The van der Waals surface area contributed by atoms with Gasteiger partial charge in [0.1, 0.15) is 22.3 Å². The number of nitrogens with one attached hydrogen (secondary N) is 1. The van der Waals surface area contributed by atoms with Gasteiger partial charge in [-0.05, 0) is 67.9 Å². The number of halogens is 1. The molecule has 0 amide bonds. The highest BCUT2D eigenvalue weighted by Gasteiger charge is 2.21. The third-order valence-electron chi connectivity index (χ3n) is 5.07. The zero-order valence-corrected chi connectivity index (χ0v) is 18.4. The molecule has 3 aromatic carbocycles. The molecule has 32 heavy (non-hydrogen) atoms. The van der Waals surface area contributed by atoms with Gasteiger partial charge in [-0.15, -0.1) is 0 Å². The van der Waals surface area contributed by atoms with Crippen molar-refractivity contribution in [3.05, 3.63) is 88.2 Å². The maximum Gasteiger partial charge on any atom is 0.265 e. The monoisotopic (exact) mass is 453 g/mol. The first kappa shape index (κ1) is 21.5. The third kappa shape index (κ3) is 3.82.